The van der Waals surface area contributed by atoms with Crippen molar-refractivity contribution in [2.75, 3.05) is 40.4 Å². The van der Waals surface area contributed by atoms with Crippen molar-refractivity contribution in [1.29, 1.82) is 0 Å². The monoisotopic (exact) mass is 186 g/mol. The van der Waals surface area contributed by atoms with Crippen molar-refractivity contribution in [3.8, 4) is 0 Å². The second-order valence-corrected chi connectivity index (χ2v) is 3.90. The lowest BCUT2D eigenvalue weighted by Gasteiger charge is -2.20. The molecule has 0 saturated carbocycles. The first kappa shape index (κ1) is 11.0. The van der Waals surface area contributed by atoms with Gasteiger partial charge >= 0.3 is 0 Å². The number of rotatable bonds is 6. The summed E-state index contributed by atoms with van der Waals surface area (Å²) in [7, 11) is 3.95. The Morgan fingerprint density at radius 3 is 3.00 bits per heavy atom. The van der Waals surface area contributed by atoms with Crippen LogP contribution in [0.5, 0.6) is 0 Å². The van der Waals surface area contributed by atoms with Crippen LogP contribution >= 0.6 is 0 Å². The molecule has 1 aliphatic rings. The number of hydrogen-bond acceptors (Lipinski definition) is 3. The topological polar surface area (TPSA) is 24.5 Å². The molecule has 0 aromatic rings. The SMILES string of the molecule is COCCCN(C)C[C@@H]1CCCN1. The molecule has 1 aliphatic heterocycles. The molecule has 1 fully saturated rings. The molecule has 1 saturated heterocycles. The third-order valence-corrected chi connectivity index (χ3v) is 2.58. The molecule has 3 heteroatoms. The zero-order chi connectivity index (χ0) is 9.52. The highest BCUT2D eigenvalue weighted by atomic mass is 16.5. The van der Waals surface area contributed by atoms with Crippen molar-refractivity contribution in [2.24, 2.45) is 0 Å². The Morgan fingerprint density at radius 1 is 1.54 bits per heavy atom. The van der Waals surface area contributed by atoms with Gasteiger partial charge in [-0.15, -0.1) is 0 Å². The lowest BCUT2D eigenvalue weighted by molar-refractivity contribution is 0.177. The van der Waals surface area contributed by atoms with E-state index in [1.165, 1.54) is 25.9 Å². The number of likely N-dealkylation sites (N-methyl/N-ethyl adjacent to an activating group) is 1. The summed E-state index contributed by atoms with van der Waals surface area (Å²) < 4.78 is 5.02. The zero-order valence-electron chi connectivity index (χ0n) is 8.88. The van der Waals surface area contributed by atoms with Gasteiger partial charge in [-0.25, -0.2) is 0 Å². The summed E-state index contributed by atoms with van der Waals surface area (Å²) in [5, 5.41) is 3.50. The van der Waals surface area contributed by atoms with Crippen LogP contribution in [0.25, 0.3) is 0 Å². The molecule has 0 amide bonds. The minimum Gasteiger partial charge on any atom is -0.385 e. The first-order chi connectivity index (χ1) is 6.33. The second-order valence-electron chi connectivity index (χ2n) is 3.90. The van der Waals surface area contributed by atoms with Gasteiger partial charge in [0.15, 0.2) is 0 Å². The largest absolute Gasteiger partial charge is 0.385 e. The molecule has 0 aromatic heterocycles. The van der Waals surface area contributed by atoms with E-state index in [9.17, 15) is 0 Å². The summed E-state index contributed by atoms with van der Waals surface area (Å²) in [4.78, 5) is 2.39. The minimum atomic E-state index is 0.729. The maximum atomic E-state index is 5.02. The number of nitrogens with one attached hydrogen (secondary N) is 1. The van der Waals surface area contributed by atoms with Crippen molar-refractivity contribution in [3.05, 3.63) is 0 Å². The van der Waals surface area contributed by atoms with Crippen LogP contribution in [-0.2, 0) is 4.74 Å². The van der Waals surface area contributed by atoms with E-state index >= 15 is 0 Å². The number of nitrogens with zero attached hydrogens (tertiary/aromatic N) is 1. The normalized spacial score (nSPS) is 22.8. The summed E-state index contributed by atoms with van der Waals surface area (Å²) in [5.74, 6) is 0. The van der Waals surface area contributed by atoms with Crippen LogP contribution in [0.1, 0.15) is 19.3 Å². The number of ether oxygens (including phenoxy) is 1. The molecule has 1 N–H and O–H groups in total. The molecule has 0 spiro atoms. The summed E-state index contributed by atoms with van der Waals surface area (Å²) in [5.41, 5.74) is 0. The van der Waals surface area contributed by atoms with Gasteiger partial charge in [-0.05, 0) is 32.9 Å². The quantitative estimate of drug-likeness (QED) is 0.618. The summed E-state index contributed by atoms with van der Waals surface area (Å²) in [6.45, 7) is 4.41. The molecular formula is C10H22N2O. The van der Waals surface area contributed by atoms with Crippen molar-refractivity contribution in [2.45, 2.75) is 25.3 Å². The van der Waals surface area contributed by atoms with Crippen molar-refractivity contribution in [3.63, 3.8) is 0 Å². The number of methoxy groups -OCH3 is 1. The Balaban J connectivity index is 1.99. The fourth-order valence-corrected chi connectivity index (χ4v) is 1.86. The maximum Gasteiger partial charge on any atom is 0.0474 e. The molecule has 0 aliphatic carbocycles. The van der Waals surface area contributed by atoms with E-state index in [0.29, 0.717) is 0 Å². The Bertz CT molecular complexity index is 124. The predicted molar refractivity (Wildman–Crippen MR) is 55.0 cm³/mol. The highest BCUT2D eigenvalue weighted by Crippen LogP contribution is 2.05. The van der Waals surface area contributed by atoms with E-state index in [4.69, 9.17) is 4.74 Å². The van der Waals surface area contributed by atoms with Gasteiger partial charge < -0.3 is 15.0 Å². The Labute approximate surface area is 81.4 Å². The summed E-state index contributed by atoms with van der Waals surface area (Å²) >= 11 is 0. The van der Waals surface area contributed by atoms with Gasteiger partial charge in [0.1, 0.15) is 0 Å². The maximum absolute atomic E-state index is 5.02. The lowest BCUT2D eigenvalue weighted by atomic mass is 10.2. The van der Waals surface area contributed by atoms with Crippen molar-refractivity contribution >= 4 is 0 Å². The molecular weight excluding hydrogens is 164 g/mol. The molecule has 1 rings (SSSR count). The minimum absolute atomic E-state index is 0.729. The molecule has 78 valence electrons. The molecule has 0 radical (unpaired) electrons. The van der Waals surface area contributed by atoms with Gasteiger partial charge in [-0.2, -0.15) is 0 Å². The highest BCUT2D eigenvalue weighted by molar-refractivity contribution is 4.76. The highest BCUT2D eigenvalue weighted by Gasteiger charge is 2.15. The van der Waals surface area contributed by atoms with Crippen molar-refractivity contribution < 1.29 is 4.74 Å². The summed E-state index contributed by atoms with van der Waals surface area (Å²) in [6.07, 6.45) is 3.82. The molecule has 13 heavy (non-hydrogen) atoms. The van der Waals surface area contributed by atoms with E-state index in [1.807, 2.05) is 0 Å². The van der Waals surface area contributed by atoms with Crippen LogP contribution in [0.2, 0.25) is 0 Å². The molecule has 0 bridgehead atoms. The predicted octanol–water partition coefficient (Wildman–Crippen LogP) is 0.707. The third-order valence-electron chi connectivity index (χ3n) is 2.58. The van der Waals surface area contributed by atoms with Gasteiger partial charge in [-0.3, -0.25) is 0 Å². The van der Waals surface area contributed by atoms with E-state index in [1.54, 1.807) is 7.11 Å². The first-order valence-corrected chi connectivity index (χ1v) is 5.24. The van der Waals surface area contributed by atoms with Crippen LogP contribution in [0, 0.1) is 0 Å². The molecule has 0 unspecified atom stereocenters. The first-order valence-electron chi connectivity index (χ1n) is 5.24. The summed E-state index contributed by atoms with van der Waals surface area (Å²) in [6, 6.07) is 0.729. The van der Waals surface area contributed by atoms with Crippen LogP contribution in [-0.4, -0.2) is 51.3 Å². The van der Waals surface area contributed by atoms with Crippen LogP contribution in [0.3, 0.4) is 0 Å². The average molecular weight is 186 g/mol. The Kier molecular flexibility index (Phi) is 5.35. The van der Waals surface area contributed by atoms with Crippen molar-refractivity contribution in [1.82, 2.24) is 10.2 Å². The van der Waals surface area contributed by atoms with Gasteiger partial charge in [-0.1, -0.05) is 0 Å². The van der Waals surface area contributed by atoms with Crippen LogP contribution in [0.15, 0.2) is 0 Å². The fraction of sp³-hybridized carbons (Fsp3) is 1.00. The molecule has 1 atom stereocenters. The molecule has 1 heterocycles. The van der Waals surface area contributed by atoms with E-state index in [0.717, 1.165) is 25.6 Å². The van der Waals surface area contributed by atoms with E-state index < -0.39 is 0 Å². The number of hydrogen-bond donors (Lipinski definition) is 1. The average Bonchev–Trinajstić information content (AvgIpc) is 2.57. The zero-order valence-corrected chi connectivity index (χ0v) is 8.88. The third kappa shape index (κ3) is 4.60. The van der Waals surface area contributed by atoms with Crippen LogP contribution < -0.4 is 5.32 Å². The standard InChI is InChI=1S/C10H22N2O/c1-12(7-4-8-13-2)9-10-5-3-6-11-10/h10-11H,3-9H2,1-2H3/t10-/m0/s1. The van der Waals surface area contributed by atoms with Gasteiger partial charge in [0.2, 0.25) is 0 Å². The van der Waals surface area contributed by atoms with E-state index in [-0.39, 0.29) is 0 Å². The Hall–Kier alpha value is -0.120. The second kappa shape index (κ2) is 6.35. The smallest absolute Gasteiger partial charge is 0.0474 e. The van der Waals surface area contributed by atoms with Gasteiger partial charge in [0.05, 0.1) is 0 Å². The fourth-order valence-electron chi connectivity index (χ4n) is 1.86. The lowest BCUT2D eigenvalue weighted by Crippen LogP contribution is -2.35. The molecule has 0 aromatic carbocycles. The molecule has 3 nitrogen and oxygen atoms in total. The van der Waals surface area contributed by atoms with E-state index in [2.05, 4.69) is 17.3 Å². The van der Waals surface area contributed by atoms with Gasteiger partial charge in [0, 0.05) is 32.8 Å². The van der Waals surface area contributed by atoms with Crippen LogP contribution in [0.4, 0.5) is 0 Å². The van der Waals surface area contributed by atoms with Gasteiger partial charge in [0.25, 0.3) is 0 Å². The Morgan fingerprint density at radius 2 is 2.38 bits per heavy atom.